The molecule has 2 rings (SSSR count). The average Bonchev–Trinajstić information content (AvgIpc) is 2.78. The molecule has 1 aliphatic heterocycles. The van der Waals surface area contributed by atoms with Gasteiger partial charge >= 0.3 is 0 Å². The standard InChI is InChI=1S/C13H17FN2O2/c14-10-3-1-9(2-4-10)7-12(15)13(18)16-6-5-11(17)8-16/h1-4,11-12,17H,5-8,15H2/t11?,12-/m0/s1. The van der Waals surface area contributed by atoms with Crippen molar-refractivity contribution in [3.8, 4) is 0 Å². The highest BCUT2D eigenvalue weighted by Gasteiger charge is 2.28. The number of rotatable bonds is 3. The number of hydrogen-bond donors (Lipinski definition) is 2. The first-order chi connectivity index (χ1) is 8.56. The van der Waals surface area contributed by atoms with Crippen LogP contribution in [0.5, 0.6) is 0 Å². The van der Waals surface area contributed by atoms with Crippen molar-refractivity contribution in [2.24, 2.45) is 5.73 Å². The van der Waals surface area contributed by atoms with Crippen LogP contribution in [-0.4, -0.2) is 41.1 Å². The van der Waals surface area contributed by atoms with Crippen LogP contribution in [0.2, 0.25) is 0 Å². The fourth-order valence-electron chi connectivity index (χ4n) is 2.14. The van der Waals surface area contributed by atoms with E-state index in [4.69, 9.17) is 5.73 Å². The van der Waals surface area contributed by atoms with Crippen molar-refractivity contribution in [2.45, 2.75) is 25.0 Å². The number of β-amino-alcohol motifs (C(OH)–C–C–N with tert-alkyl or cyclic N) is 1. The summed E-state index contributed by atoms with van der Waals surface area (Å²) in [6, 6.07) is 5.32. The molecule has 0 aliphatic carbocycles. The van der Waals surface area contributed by atoms with Crippen LogP contribution in [0.3, 0.4) is 0 Å². The topological polar surface area (TPSA) is 66.6 Å². The molecule has 0 radical (unpaired) electrons. The molecule has 1 amide bonds. The van der Waals surface area contributed by atoms with Crippen molar-refractivity contribution >= 4 is 5.91 Å². The van der Waals surface area contributed by atoms with Gasteiger partial charge in [0, 0.05) is 13.1 Å². The number of amides is 1. The molecular weight excluding hydrogens is 235 g/mol. The van der Waals surface area contributed by atoms with E-state index < -0.39 is 12.1 Å². The molecule has 1 heterocycles. The Morgan fingerprint density at radius 3 is 2.72 bits per heavy atom. The molecule has 1 saturated heterocycles. The van der Waals surface area contributed by atoms with Crippen molar-refractivity contribution < 1.29 is 14.3 Å². The monoisotopic (exact) mass is 252 g/mol. The summed E-state index contributed by atoms with van der Waals surface area (Å²) in [6.07, 6.45) is 0.549. The lowest BCUT2D eigenvalue weighted by molar-refractivity contribution is -0.131. The second kappa shape index (κ2) is 5.46. The van der Waals surface area contributed by atoms with Crippen LogP contribution in [-0.2, 0) is 11.2 Å². The van der Waals surface area contributed by atoms with Gasteiger partial charge in [-0.2, -0.15) is 0 Å². The molecule has 1 aromatic rings. The average molecular weight is 252 g/mol. The number of halogens is 1. The zero-order valence-electron chi connectivity index (χ0n) is 10.1. The van der Waals surface area contributed by atoms with Crippen LogP contribution in [0.4, 0.5) is 4.39 Å². The highest BCUT2D eigenvalue weighted by atomic mass is 19.1. The second-order valence-electron chi connectivity index (χ2n) is 4.66. The Morgan fingerprint density at radius 2 is 2.17 bits per heavy atom. The Balaban J connectivity index is 1.93. The SMILES string of the molecule is N[C@@H](Cc1ccc(F)cc1)C(=O)N1CCC(O)C1. The quantitative estimate of drug-likeness (QED) is 0.812. The van der Waals surface area contributed by atoms with Crippen LogP contribution in [0.25, 0.3) is 0 Å². The number of likely N-dealkylation sites (tertiary alicyclic amines) is 1. The van der Waals surface area contributed by atoms with E-state index in [0.717, 1.165) is 5.56 Å². The Bertz CT molecular complexity index is 422. The Hall–Kier alpha value is -1.46. The van der Waals surface area contributed by atoms with Crippen LogP contribution in [0, 0.1) is 5.82 Å². The van der Waals surface area contributed by atoms with Crippen molar-refractivity contribution in [3.63, 3.8) is 0 Å². The molecule has 0 aromatic heterocycles. The van der Waals surface area contributed by atoms with Crippen LogP contribution >= 0.6 is 0 Å². The predicted molar refractivity (Wildman–Crippen MR) is 65.3 cm³/mol. The van der Waals surface area contributed by atoms with Gasteiger partial charge in [-0.15, -0.1) is 0 Å². The van der Waals surface area contributed by atoms with Gasteiger partial charge in [0.1, 0.15) is 5.82 Å². The summed E-state index contributed by atoms with van der Waals surface area (Å²) in [6.45, 7) is 0.910. The van der Waals surface area contributed by atoms with E-state index in [1.165, 1.54) is 12.1 Å². The van der Waals surface area contributed by atoms with Gasteiger partial charge in [-0.25, -0.2) is 4.39 Å². The lowest BCUT2D eigenvalue weighted by Crippen LogP contribution is -2.44. The Morgan fingerprint density at radius 1 is 1.50 bits per heavy atom. The van der Waals surface area contributed by atoms with E-state index in [1.54, 1.807) is 17.0 Å². The smallest absolute Gasteiger partial charge is 0.239 e. The molecule has 1 unspecified atom stereocenters. The minimum Gasteiger partial charge on any atom is -0.391 e. The number of carbonyl (C=O) groups is 1. The van der Waals surface area contributed by atoms with Gasteiger partial charge in [0.15, 0.2) is 0 Å². The van der Waals surface area contributed by atoms with Gasteiger partial charge in [0.2, 0.25) is 5.91 Å². The number of benzene rings is 1. The fourth-order valence-corrected chi connectivity index (χ4v) is 2.14. The summed E-state index contributed by atoms with van der Waals surface area (Å²) in [5.74, 6) is -0.461. The third kappa shape index (κ3) is 3.05. The van der Waals surface area contributed by atoms with Crippen molar-refractivity contribution in [2.75, 3.05) is 13.1 Å². The molecule has 0 saturated carbocycles. The lowest BCUT2D eigenvalue weighted by Gasteiger charge is -2.20. The number of aliphatic hydroxyl groups excluding tert-OH is 1. The number of hydrogen-bond acceptors (Lipinski definition) is 3. The number of carbonyl (C=O) groups excluding carboxylic acids is 1. The first-order valence-electron chi connectivity index (χ1n) is 6.03. The van der Waals surface area contributed by atoms with Crippen molar-refractivity contribution in [3.05, 3.63) is 35.6 Å². The van der Waals surface area contributed by atoms with Crippen molar-refractivity contribution in [1.82, 2.24) is 4.90 Å². The first kappa shape index (κ1) is 13.0. The molecule has 98 valence electrons. The summed E-state index contributed by atoms with van der Waals surface area (Å²) >= 11 is 0. The highest BCUT2D eigenvalue weighted by Crippen LogP contribution is 2.12. The summed E-state index contributed by atoms with van der Waals surface area (Å²) in [5, 5.41) is 9.37. The summed E-state index contributed by atoms with van der Waals surface area (Å²) < 4.78 is 12.7. The van der Waals surface area contributed by atoms with E-state index in [2.05, 4.69) is 0 Å². The molecule has 3 N–H and O–H groups in total. The van der Waals surface area contributed by atoms with Gasteiger partial charge in [-0.05, 0) is 30.5 Å². The van der Waals surface area contributed by atoms with E-state index in [0.29, 0.717) is 25.9 Å². The third-order valence-corrected chi connectivity index (χ3v) is 3.16. The fraction of sp³-hybridized carbons (Fsp3) is 0.462. The maximum absolute atomic E-state index is 12.7. The lowest BCUT2D eigenvalue weighted by atomic mass is 10.1. The van der Waals surface area contributed by atoms with Gasteiger partial charge in [0.05, 0.1) is 12.1 Å². The molecule has 0 bridgehead atoms. The van der Waals surface area contributed by atoms with Gasteiger partial charge in [0.25, 0.3) is 0 Å². The largest absolute Gasteiger partial charge is 0.391 e. The number of nitrogens with two attached hydrogens (primary N) is 1. The maximum atomic E-state index is 12.7. The Labute approximate surface area is 105 Å². The molecule has 1 aromatic carbocycles. The molecular formula is C13H17FN2O2. The van der Waals surface area contributed by atoms with Crippen LogP contribution < -0.4 is 5.73 Å². The van der Waals surface area contributed by atoms with Gasteiger partial charge in [-0.3, -0.25) is 4.79 Å². The van der Waals surface area contributed by atoms with Crippen molar-refractivity contribution in [1.29, 1.82) is 0 Å². The van der Waals surface area contributed by atoms with E-state index in [1.807, 2.05) is 0 Å². The van der Waals surface area contributed by atoms with E-state index >= 15 is 0 Å². The molecule has 1 aliphatic rings. The van der Waals surface area contributed by atoms with Gasteiger partial charge in [-0.1, -0.05) is 12.1 Å². The summed E-state index contributed by atoms with van der Waals surface area (Å²) in [7, 11) is 0. The van der Waals surface area contributed by atoms with Gasteiger partial charge < -0.3 is 15.7 Å². The normalized spacial score (nSPS) is 21.1. The number of aliphatic hydroxyl groups is 1. The first-order valence-corrected chi connectivity index (χ1v) is 6.03. The molecule has 5 heteroatoms. The number of nitrogens with zero attached hydrogens (tertiary/aromatic N) is 1. The molecule has 4 nitrogen and oxygen atoms in total. The highest BCUT2D eigenvalue weighted by molar-refractivity contribution is 5.82. The summed E-state index contributed by atoms with van der Waals surface area (Å²) in [5.41, 5.74) is 6.68. The van der Waals surface area contributed by atoms with Crippen LogP contribution in [0.1, 0.15) is 12.0 Å². The van der Waals surface area contributed by atoms with E-state index in [9.17, 15) is 14.3 Å². The minimum atomic E-state index is -0.638. The third-order valence-electron chi connectivity index (χ3n) is 3.16. The molecule has 1 fully saturated rings. The maximum Gasteiger partial charge on any atom is 0.239 e. The summed E-state index contributed by atoms with van der Waals surface area (Å²) in [4.78, 5) is 13.6. The molecule has 18 heavy (non-hydrogen) atoms. The molecule has 2 atom stereocenters. The zero-order valence-corrected chi connectivity index (χ0v) is 10.1. The minimum absolute atomic E-state index is 0.157. The van der Waals surface area contributed by atoms with E-state index in [-0.39, 0.29) is 11.7 Å². The predicted octanol–water partition coefficient (Wildman–Crippen LogP) is 0.289. The Kier molecular flexibility index (Phi) is 3.93. The zero-order chi connectivity index (χ0) is 13.1. The van der Waals surface area contributed by atoms with Crippen LogP contribution in [0.15, 0.2) is 24.3 Å². The second-order valence-corrected chi connectivity index (χ2v) is 4.66. The molecule has 0 spiro atoms.